The molecule has 0 aliphatic carbocycles. The molecule has 6 rings (SSSR count). The summed E-state index contributed by atoms with van der Waals surface area (Å²) in [6.07, 6.45) is 1.89. The summed E-state index contributed by atoms with van der Waals surface area (Å²) in [7, 11) is 0. The van der Waals surface area contributed by atoms with Gasteiger partial charge in [0.2, 0.25) is 6.79 Å². The molecule has 3 aromatic carbocycles. The SMILES string of the molecule is CC(C)=CCOc1cc2oc(=O)ccc2cc1O.Cl.O=C(COc1ccc(Cl)cc1)N1CCN(Cc2ccc3c(c2)OCO3)CC1. The number of aromatic hydroxyl groups is 1. The van der Waals surface area contributed by atoms with Crippen LogP contribution >= 0.6 is 24.0 Å². The van der Waals surface area contributed by atoms with Gasteiger partial charge >= 0.3 is 5.63 Å². The molecule has 0 unspecified atom stereocenters. The van der Waals surface area contributed by atoms with Crippen molar-refractivity contribution in [1.29, 1.82) is 0 Å². The van der Waals surface area contributed by atoms with E-state index in [1.807, 2.05) is 37.0 Å². The van der Waals surface area contributed by atoms with Crippen LogP contribution in [0.25, 0.3) is 11.0 Å². The van der Waals surface area contributed by atoms with E-state index in [0.717, 1.165) is 36.7 Å². The molecular formula is C34H36Cl2N2O8. The molecule has 12 heteroatoms. The average molecular weight is 672 g/mol. The van der Waals surface area contributed by atoms with Gasteiger partial charge in [0.15, 0.2) is 29.6 Å². The van der Waals surface area contributed by atoms with E-state index < -0.39 is 5.63 Å². The number of amides is 1. The van der Waals surface area contributed by atoms with Gasteiger partial charge in [0, 0.05) is 55.3 Å². The number of ether oxygens (including phenoxy) is 4. The number of halogens is 2. The molecule has 3 heterocycles. The molecular weight excluding hydrogens is 635 g/mol. The normalized spacial score (nSPS) is 13.7. The van der Waals surface area contributed by atoms with Crippen LogP contribution in [0.5, 0.6) is 28.7 Å². The van der Waals surface area contributed by atoms with Gasteiger partial charge in [0.05, 0.1) is 0 Å². The molecule has 0 saturated carbocycles. The zero-order valence-corrected chi connectivity index (χ0v) is 27.1. The minimum absolute atomic E-state index is 0. The minimum atomic E-state index is -0.427. The summed E-state index contributed by atoms with van der Waals surface area (Å²) < 4.78 is 26.8. The molecule has 1 N–H and O–H groups in total. The number of benzene rings is 3. The molecule has 1 saturated heterocycles. The molecule has 46 heavy (non-hydrogen) atoms. The lowest BCUT2D eigenvalue weighted by Gasteiger charge is -2.34. The van der Waals surface area contributed by atoms with Crippen LogP contribution in [0.3, 0.4) is 0 Å². The highest BCUT2D eigenvalue weighted by atomic mass is 35.5. The number of carbonyl (C=O) groups excluding carboxylic acids is 1. The van der Waals surface area contributed by atoms with Crippen molar-refractivity contribution in [3.63, 3.8) is 0 Å². The number of phenolic OH excluding ortho intramolecular Hbond substituents is 1. The fourth-order valence-corrected chi connectivity index (χ4v) is 4.84. The number of phenols is 1. The predicted molar refractivity (Wildman–Crippen MR) is 178 cm³/mol. The number of fused-ring (bicyclic) bond motifs is 2. The van der Waals surface area contributed by atoms with Gasteiger partial charge in [-0.3, -0.25) is 9.69 Å². The van der Waals surface area contributed by atoms with Crippen molar-refractivity contribution in [2.75, 3.05) is 46.2 Å². The number of hydrogen-bond donors (Lipinski definition) is 1. The summed E-state index contributed by atoms with van der Waals surface area (Å²) in [5.74, 6) is 2.59. The van der Waals surface area contributed by atoms with Crippen molar-refractivity contribution >= 4 is 40.9 Å². The summed E-state index contributed by atoms with van der Waals surface area (Å²) in [6, 6.07) is 19.0. The molecule has 244 valence electrons. The predicted octanol–water partition coefficient (Wildman–Crippen LogP) is 6.06. The molecule has 0 bridgehead atoms. The van der Waals surface area contributed by atoms with Crippen molar-refractivity contribution in [1.82, 2.24) is 9.80 Å². The Morgan fingerprint density at radius 1 is 0.935 bits per heavy atom. The Balaban J connectivity index is 0.000000221. The third-order valence-corrected chi connectivity index (χ3v) is 7.43. The van der Waals surface area contributed by atoms with Crippen LogP contribution in [0.4, 0.5) is 0 Å². The highest BCUT2D eigenvalue weighted by Crippen LogP contribution is 2.33. The van der Waals surface area contributed by atoms with E-state index in [1.165, 1.54) is 23.8 Å². The van der Waals surface area contributed by atoms with Crippen LogP contribution in [0, 0.1) is 0 Å². The first-order valence-corrected chi connectivity index (χ1v) is 14.9. The molecule has 2 aliphatic rings. The molecule has 1 aromatic heterocycles. The zero-order valence-electron chi connectivity index (χ0n) is 25.6. The average Bonchev–Trinajstić information content (AvgIpc) is 3.50. The standard InChI is InChI=1S/C20H21ClN2O4.C14H14O4.ClH/c21-16-2-4-17(5-3-16)25-13-20(24)23-9-7-22(8-10-23)12-15-1-6-18-19(11-15)27-14-26-18;1-9(2)5-6-17-13-8-12-10(7-11(13)15)3-4-14(16)18-12;/h1-6,11H,7-10,12-14H2;3-5,7-8,15H,6H2,1-2H3;1H. The van der Waals surface area contributed by atoms with Gasteiger partial charge in [-0.05, 0) is 74.0 Å². The third kappa shape index (κ3) is 9.56. The lowest BCUT2D eigenvalue weighted by atomic mass is 10.1. The maximum absolute atomic E-state index is 12.4. The van der Waals surface area contributed by atoms with Gasteiger partial charge < -0.3 is 33.4 Å². The van der Waals surface area contributed by atoms with E-state index in [4.69, 9.17) is 35.0 Å². The van der Waals surface area contributed by atoms with Gasteiger partial charge in [-0.15, -0.1) is 12.4 Å². The van der Waals surface area contributed by atoms with E-state index in [0.29, 0.717) is 47.2 Å². The zero-order chi connectivity index (χ0) is 31.8. The summed E-state index contributed by atoms with van der Waals surface area (Å²) in [4.78, 5) is 27.6. The lowest BCUT2D eigenvalue weighted by molar-refractivity contribution is -0.135. The van der Waals surface area contributed by atoms with Crippen molar-refractivity contribution in [2.45, 2.75) is 20.4 Å². The fraction of sp³-hybridized carbons (Fsp3) is 0.294. The van der Waals surface area contributed by atoms with Crippen molar-refractivity contribution in [3.8, 4) is 28.7 Å². The summed E-state index contributed by atoms with van der Waals surface area (Å²) in [6.45, 7) is 8.52. The van der Waals surface area contributed by atoms with E-state index in [9.17, 15) is 14.7 Å². The molecule has 0 atom stereocenters. The highest BCUT2D eigenvalue weighted by Gasteiger charge is 2.22. The van der Waals surface area contributed by atoms with Crippen LogP contribution in [-0.2, 0) is 11.3 Å². The van der Waals surface area contributed by atoms with Gasteiger partial charge in [0.1, 0.15) is 17.9 Å². The molecule has 4 aromatic rings. The summed E-state index contributed by atoms with van der Waals surface area (Å²) in [5, 5.41) is 11.1. The van der Waals surface area contributed by atoms with Crippen LogP contribution in [0.15, 0.2) is 87.6 Å². The van der Waals surface area contributed by atoms with Gasteiger partial charge in [-0.1, -0.05) is 23.2 Å². The van der Waals surface area contributed by atoms with Crippen LogP contribution in [-0.4, -0.2) is 67.0 Å². The van der Waals surface area contributed by atoms with Crippen molar-refractivity contribution in [3.05, 3.63) is 99.4 Å². The number of hydrogen-bond acceptors (Lipinski definition) is 9. The third-order valence-electron chi connectivity index (χ3n) is 7.18. The maximum Gasteiger partial charge on any atom is 0.336 e. The van der Waals surface area contributed by atoms with Crippen LogP contribution in [0.1, 0.15) is 19.4 Å². The van der Waals surface area contributed by atoms with Gasteiger partial charge in [-0.25, -0.2) is 4.79 Å². The summed E-state index contributed by atoms with van der Waals surface area (Å²) >= 11 is 5.85. The second kappa shape index (κ2) is 16.3. The number of allylic oxidation sites excluding steroid dienone is 1. The molecule has 1 amide bonds. The van der Waals surface area contributed by atoms with E-state index in [2.05, 4.69) is 11.0 Å². The van der Waals surface area contributed by atoms with Crippen molar-refractivity contribution < 1.29 is 33.3 Å². The number of carbonyl (C=O) groups is 1. The Labute approximate surface area is 278 Å². The Morgan fingerprint density at radius 2 is 1.67 bits per heavy atom. The molecule has 0 radical (unpaired) electrons. The fourth-order valence-electron chi connectivity index (χ4n) is 4.72. The first-order valence-electron chi connectivity index (χ1n) is 14.5. The Bertz CT molecular complexity index is 1710. The second-order valence-electron chi connectivity index (χ2n) is 10.8. The molecule has 0 spiro atoms. The molecule has 1 fully saturated rings. The Morgan fingerprint density at radius 3 is 2.41 bits per heavy atom. The first kappa shape index (κ1) is 34.5. The van der Waals surface area contributed by atoms with Crippen LogP contribution < -0.4 is 24.6 Å². The maximum atomic E-state index is 12.4. The van der Waals surface area contributed by atoms with Crippen LogP contribution in [0.2, 0.25) is 5.02 Å². The minimum Gasteiger partial charge on any atom is -0.504 e. The number of piperazine rings is 1. The number of nitrogens with zero attached hydrogens (tertiary/aromatic N) is 2. The van der Waals surface area contributed by atoms with E-state index in [-0.39, 0.29) is 37.5 Å². The van der Waals surface area contributed by atoms with Gasteiger partial charge in [0.25, 0.3) is 5.91 Å². The second-order valence-corrected chi connectivity index (χ2v) is 11.2. The van der Waals surface area contributed by atoms with Crippen molar-refractivity contribution in [2.24, 2.45) is 0 Å². The largest absolute Gasteiger partial charge is 0.504 e. The smallest absolute Gasteiger partial charge is 0.336 e. The lowest BCUT2D eigenvalue weighted by Crippen LogP contribution is -2.49. The van der Waals surface area contributed by atoms with E-state index >= 15 is 0 Å². The Hall–Kier alpha value is -4.38. The topological polar surface area (TPSA) is 111 Å². The first-order chi connectivity index (χ1) is 21.7. The summed E-state index contributed by atoms with van der Waals surface area (Å²) in [5.41, 5.74) is 2.28. The quantitative estimate of drug-likeness (QED) is 0.177. The van der Waals surface area contributed by atoms with E-state index in [1.54, 1.807) is 30.3 Å². The highest BCUT2D eigenvalue weighted by molar-refractivity contribution is 6.30. The molecule has 10 nitrogen and oxygen atoms in total. The Kier molecular flexibility index (Phi) is 12.2. The molecule has 2 aliphatic heterocycles. The van der Waals surface area contributed by atoms with Gasteiger partial charge in [-0.2, -0.15) is 0 Å². The number of rotatable bonds is 8. The monoisotopic (exact) mass is 670 g/mol.